The van der Waals surface area contributed by atoms with Crippen molar-refractivity contribution >= 4 is 15.7 Å². The molecule has 0 unspecified atom stereocenters. The molecule has 0 heterocycles. The summed E-state index contributed by atoms with van der Waals surface area (Å²) in [6, 6.07) is 13.7. The zero-order valence-corrected chi connectivity index (χ0v) is 12.6. The zero-order valence-electron chi connectivity index (χ0n) is 11.7. The van der Waals surface area contributed by atoms with Crippen molar-refractivity contribution in [2.75, 3.05) is 12.8 Å². The fourth-order valence-corrected chi connectivity index (χ4v) is 3.03. The van der Waals surface area contributed by atoms with Crippen LogP contribution >= 0.6 is 0 Å². The lowest BCUT2D eigenvalue weighted by molar-refractivity contribution is 0.184. The lowest BCUT2D eigenvalue weighted by Gasteiger charge is -2.11. The quantitative estimate of drug-likeness (QED) is 0.799. The van der Waals surface area contributed by atoms with Gasteiger partial charge in [-0.15, -0.1) is 0 Å². The van der Waals surface area contributed by atoms with Gasteiger partial charge in [0.25, 0.3) is 0 Å². The molecular weight excluding hydrogens is 288 g/mol. The Balaban J connectivity index is 2.16. The first-order valence-electron chi connectivity index (χ1n) is 6.44. The van der Waals surface area contributed by atoms with Gasteiger partial charge in [-0.3, -0.25) is 0 Å². The molecule has 0 aromatic heterocycles. The molecule has 0 aliphatic carbocycles. The molecule has 2 aromatic rings. The summed E-state index contributed by atoms with van der Waals surface area (Å²) in [5.41, 5.74) is 7.87. The molecule has 2 rings (SSSR count). The first-order valence-corrected chi connectivity index (χ1v) is 7.92. The first kappa shape index (κ1) is 15.5. The summed E-state index contributed by atoms with van der Waals surface area (Å²) in [6.07, 6.45) is 0. The number of methoxy groups -OCH3 is 1. The molecule has 0 radical (unpaired) electrons. The van der Waals surface area contributed by atoms with E-state index in [0.717, 1.165) is 11.1 Å². The zero-order chi connectivity index (χ0) is 15.3. The van der Waals surface area contributed by atoms with Gasteiger partial charge < -0.3 is 10.5 Å². The van der Waals surface area contributed by atoms with Crippen LogP contribution in [0.5, 0.6) is 0 Å². The third-order valence-corrected chi connectivity index (χ3v) is 4.44. The number of hydrogen-bond acceptors (Lipinski definition) is 4. The molecule has 0 bridgehead atoms. The fourth-order valence-electron chi connectivity index (χ4n) is 1.96. The summed E-state index contributed by atoms with van der Waals surface area (Å²) in [5.74, 6) is 0. The van der Waals surface area contributed by atoms with Crippen LogP contribution < -0.4 is 10.5 Å². The van der Waals surface area contributed by atoms with Crippen molar-refractivity contribution in [1.82, 2.24) is 4.72 Å². The second kappa shape index (κ2) is 6.71. The lowest BCUT2D eigenvalue weighted by Crippen LogP contribution is -2.24. The van der Waals surface area contributed by atoms with Crippen LogP contribution in [0.25, 0.3) is 0 Å². The number of sulfonamides is 1. The number of benzene rings is 2. The average Bonchev–Trinajstić information content (AvgIpc) is 2.47. The van der Waals surface area contributed by atoms with Crippen molar-refractivity contribution in [3.63, 3.8) is 0 Å². The predicted molar refractivity (Wildman–Crippen MR) is 82.0 cm³/mol. The maximum absolute atomic E-state index is 12.2. The van der Waals surface area contributed by atoms with Gasteiger partial charge in [0.1, 0.15) is 0 Å². The molecule has 2 aromatic carbocycles. The molecule has 112 valence electrons. The van der Waals surface area contributed by atoms with Gasteiger partial charge in [-0.05, 0) is 29.3 Å². The topological polar surface area (TPSA) is 81.4 Å². The van der Waals surface area contributed by atoms with E-state index in [-0.39, 0.29) is 11.4 Å². The number of ether oxygens (including phenoxy) is 1. The molecule has 0 saturated heterocycles. The third kappa shape index (κ3) is 4.04. The molecule has 5 nitrogen and oxygen atoms in total. The maximum Gasteiger partial charge on any atom is 0.240 e. The summed E-state index contributed by atoms with van der Waals surface area (Å²) >= 11 is 0. The Hall–Kier alpha value is -1.89. The number of hydrogen-bond donors (Lipinski definition) is 2. The predicted octanol–water partition coefficient (Wildman–Crippen LogP) is 1.89. The van der Waals surface area contributed by atoms with E-state index in [1.165, 1.54) is 12.1 Å². The Morgan fingerprint density at radius 3 is 2.48 bits per heavy atom. The Kier molecular flexibility index (Phi) is 4.95. The minimum absolute atomic E-state index is 0.159. The number of rotatable bonds is 6. The van der Waals surface area contributed by atoms with Crippen molar-refractivity contribution < 1.29 is 13.2 Å². The first-order chi connectivity index (χ1) is 10.0. The van der Waals surface area contributed by atoms with Crippen LogP contribution in [0.4, 0.5) is 5.69 Å². The monoisotopic (exact) mass is 306 g/mol. The van der Waals surface area contributed by atoms with Crippen molar-refractivity contribution in [1.29, 1.82) is 0 Å². The summed E-state index contributed by atoms with van der Waals surface area (Å²) in [4.78, 5) is 0.159. The molecule has 0 saturated carbocycles. The molecule has 0 fully saturated rings. The summed E-state index contributed by atoms with van der Waals surface area (Å²) in [6.45, 7) is 0.646. The van der Waals surface area contributed by atoms with Crippen molar-refractivity contribution in [3.05, 3.63) is 59.7 Å². The van der Waals surface area contributed by atoms with Crippen LogP contribution in [-0.2, 0) is 27.9 Å². The summed E-state index contributed by atoms with van der Waals surface area (Å²) in [7, 11) is -1.98. The molecule has 3 N–H and O–H groups in total. The van der Waals surface area contributed by atoms with Crippen molar-refractivity contribution in [3.8, 4) is 0 Å². The van der Waals surface area contributed by atoms with Crippen LogP contribution in [0.1, 0.15) is 11.1 Å². The van der Waals surface area contributed by atoms with E-state index in [2.05, 4.69) is 4.72 Å². The molecular formula is C15H18N2O3S. The van der Waals surface area contributed by atoms with E-state index >= 15 is 0 Å². The molecule has 0 amide bonds. The highest BCUT2D eigenvalue weighted by molar-refractivity contribution is 7.89. The highest BCUT2D eigenvalue weighted by atomic mass is 32.2. The molecule has 6 heteroatoms. The van der Waals surface area contributed by atoms with Gasteiger partial charge in [-0.2, -0.15) is 0 Å². The fraction of sp³-hybridized carbons (Fsp3) is 0.200. The number of nitrogen functional groups attached to an aromatic ring is 1. The average molecular weight is 306 g/mol. The van der Waals surface area contributed by atoms with Gasteiger partial charge in [-0.1, -0.05) is 30.3 Å². The van der Waals surface area contributed by atoms with Gasteiger partial charge in [0.15, 0.2) is 0 Å². The lowest BCUT2D eigenvalue weighted by atomic mass is 10.1. The second-order valence-corrected chi connectivity index (χ2v) is 6.37. The smallest absolute Gasteiger partial charge is 0.240 e. The SMILES string of the molecule is COCc1ccccc1CNS(=O)(=O)c1cccc(N)c1. The molecule has 0 spiro atoms. The third-order valence-electron chi connectivity index (χ3n) is 3.04. The standard InChI is InChI=1S/C15H18N2O3S/c1-20-11-13-6-3-2-5-12(13)10-17-21(18,19)15-8-4-7-14(16)9-15/h2-9,17H,10-11,16H2,1H3. The number of nitrogens with two attached hydrogens (primary N) is 1. The van der Waals surface area contributed by atoms with E-state index in [9.17, 15) is 8.42 Å². The Labute approximate surface area is 124 Å². The van der Waals surface area contributed by atoms with Crippen LogP contribution in [0, 0.1) is 0 Å². The minimum Gasteiger partial charge on any atom is -0.399 e. The number of nitrogens with one attached hydrogen (secondary N) is 1. The van der Waals surface area contributed by atoms with Crippen LogP contribution in [0.15, 0.2) is 53.4 Å². The molecule has 0 atom stereocenters. The summed E-state index contributed by atoms with van der Waals surface area (Å²) < 4.78 is 32.1. The largest absolute Gasteiger partial charge is 0.399 e. The highest BCUT2D eigenvalue weighted by Gasteiger charge is 2.14. The Morgan fingerprint density at radius 1 is 1.10 bits per heavy atom. The second-order valence-electron chi connectivity index (χ2n) is 4.60. The van der Waals surface area contributed by atoms with Gasteiger partial charge in [0.2, 0.25) is 10.0 Å². The van der Waals surface area contributed by atoms with E-state index < -0.39 is 10.0 Å². The van der Waals surface area contributed by atoms with Crippen molar-refractivity contribution in [2.24, 2.45) is 0 Å². The van der Waals surface area contributed by atoms with Crippen LogP contribution in [0.3, 0.4) is 0 Å². The highest BCUT2D eigenvalue weighted by Crippen LogP contribution is 2.15. The van der Waals surface area contributed by atoms with E-state index in [0.29, 0.717) is 12.3 Å². The molecule has 0 aliphatic heterocycles. The van der Waals surface area contributed by atoms with Gasteiger partial charge in [0, 0.05) is 19.3 Å². The summed E-state index contributed by atoms with van der Waals surface area (Å²) in [5, 5.41) is 0. The van der Waals surface area contributed by atoms with E-state index in [1.54, 1.807) is 19.2 Å². The minimum atomic E-state index is -3.58. The normalized spacial score (nSPS) is 11.5. The van der Waals surface area contributed by atoms with Crippen LogP contribution in [0.2, 0.25) is 0 Å². The van der Waals surface area contributed by atoms with E-state index in [4.69, 9.17) is 10.5 Å². The van der Waals surface area contributed by atoms with E-state index in [1.807, 2.05) is 24.3 Å². The van der Waals surface area contributed by atoms with Gasteiger partial charge >= 0.3 is 0 Å². The molecule has 0 aliphatic rings. The Bertz CT molecular complexity index is 714. The van der Waals surface area contributed by atoms with Crippen molar-refractivity contribution in [2.45, 2.75) is 18.0 Å². The van der Waals surface area contributed by atoms with Crippen LogP contribution in [-0.4, -0.2) is 15.5 Å². The number of anilines is 1. The molecule has 21 heavy (non-hydrogen) atoms. The van der Waals surface area contributed by atoms with Gasteiger partial charge in [-0.25, -0.2) is 13.1 Å². The maximum atomic E-state index is 12.2. The van der Waals surface area contributed by atoms with Gasteiger partial charge in [0.05, 0.1) is 11.5 Å². The Morgan fingerprint density at radius 2 is 1.81 bits per heavy atom.